The van der Waals surface area contributed by atoms with Crippen LogP contribution in [0.4, 0.5) is 14.9 Å². The van der Waals surface area contributed by atoms with E-state index in [-0.39, 0.29) is 37.1 Å². The van der Waals surface area contributed by atoms with E-state index < -0.39 is 11.8 Å². The van der Waals surface area contributed by atoms with Gasteiger partial charge in [0.1, 0.15) is 12.4 Å². The molecule has 1 saturated carbocycles. The number of nitrogens with one attached hydrogen (secondary N) is 1. The lowest BCUT2D eigenvalue weighted by Gasteiger charge is -2.58. The number of carbonyl (C=O) groups is 2. The number of anilines is 1. The van der Waals surface area contributed by atoms with Gasteiger partial charge in [0, 0.05) is 30.1 Å². The fourth-order valence-electron chi connectivity index (χ4n) is 5.72. The number of urea groups is 1. The summed E-state index contributed by atoms with van der Waals surface area (Å²) in [4.78, 5) is 28.8. The van der Waals surface area contributed by atoms with Crippen molar-refractivity contribution in [1.82, 2.24) is 9.80 Å². The number of fused-ring (bicyclic) bond motifs is 1. The summed E-state index contributed by atoms with van der Waals surface area (Å²) in [6.45, 7) is 0.138. The van der Waals surface area contributed by atoms with Gasteiger partial charge < -0.3 is 20.2 Å². The van der Waals surface area contributed by atoms with Crippen molar-refractivity contribution in [3.63, 3.8) is 0 Å². The van der Waals surface area contributed by atoms with E-state index in [0.717, 1.165) is 23.5 Å². The Morgan fingerprint density at radius 1 is 1.14 bits per heavy atom. The van der Waals surface area contributed by atoms with Crippen LogP contribution >= 0.6 is 0 Å². The van der Waals surface area contributed by atoms with Gasteiger partial charge in [-0.15, -0.1) is 0 Å². The maximum atomic E-state index is 13.5. The highest BCUT2D eigenvalue weighted by Crippen LogP contribution is 2.43. The maximum Gasteiger partial charge on any atom is 0.322 e. The fourth-order valence-corrected chi connectivity index (χ4v) is 5.72. The topological polar surface area (TPSA) is 72.9 Å². The van der Waals surface area contributed by atoms with Crippen molar-refractivity contribution in [3.05, 3.63) is 65.5 Å². The monoisotopic (exact) mass is 475 g/mol. The van der Waals surface area contributed by atoms with E-state index in [4.69, 9.17) is 0 Å². The number of benzene rings is 2. The van der Waals surface area contributed by atoms with Crippen LogP contribution in [0.5, 0.6) is 0 Å². The predicted molar refractivity (Wildman–Crippen MR) is 131 cm³/mol. The Bertz CT molecular complexity index is 1150. The molecule has 2 saturated heterocycles. The lowest BCUT2D eigenvalue weighted by molar-refractivity contribution is -0.159. The Balaban J connectivity index is 1.26. The smallest absolute Gasteiger partial charge is 0.322 e. The number of carbonyl (C=O) groups excluding carboxylic acids is 2. The lowest BCUT2D eigenvalue weighted by atomic mass is 9.73. The van der Waals surface area contributed by atoms with Crippen molar-refractivity contribution >= 4 is 17.6 Å². The molecule has 35 heavy (non-hydrogen) atoms. The highest BCUT2D eigenvalue weighted by Gasteiger charge is 2.54. The van der Waals surface area contributed by atoms with Crippen molar-refractivity contribution < 1.29 is 19.1 Å². The molecule has 2 N–H and O–H groups in total. The summed E-state index contributed by atoms with van der Waals surface area (Å²) in [7, 11) is 0. The van der Waals surface area contributed by atoms with E-state index in [2.05, 4.69) is 17.2 Å². The van der Waals surface area contributed by atoms with E-state index in [0.29, 0.717) is 12.2 Å². The highest BCUT2D eigenvalue weighted by molar-refractivity contribution is 5.93. The number of piperazine rings is 1. The number of amides is 3. The molecule has 2 aliphatic heterocycles. The Labute approximate surface area is 205 Å². The molecule has 3 aliphatic rings. The van der Waals surface area contributed by atoms with Crippen molar-refractivity contribution in [1.29, 1.82) is 0 Å². The van der Waals surface area contributed by atoms with Crippen LogP contribution in [0.3, 0.4) is 0 Å². The van der Waals surface area contributed by atoms with Crippen molar-refractivity contribution in [2.24, 2.45) is 5.92 Å². The van der Waals surface area contributed by atoms with Crippen LogP contribution in [0, 0.1) is 23.6 Å². The fraction of sp³-hybridized carbons (Fsp3) is 0.429. The second-order valence-corrected chi connectivity index (χ2v) is 9.74. The van der Waals surface area contributed by atoms with Crippen LogP contribution in [0.25, 0.3) is 0 Å². The zero-order valence-electron chi connectivity index (χ0n) is 19.6. The van der Waals surface area contributed by atoms with Crippen LogP contribution in [-0.2, 0) is 4.79 Å². The normalized spacial score (nSPS) is 23.8. The lowest BCUT2D eigenvalue weighted by Crippen LogP contribution is -2.73. The number of aliphatic hydroxyl groups excluding tert-OH is 1. The van der Waals surface area contributed by atoms with Gasteiger partial charge in [-0.1, -0.05) is 42.9 Å². The molecule has 2 heterocycles. The minimum Gasteiger partial charge on any atom is -0.394 e. The van der Waals surface area contributed by atoms with Crippen LogP contribution < -0.4 is 5.32 Å². The second kappa shape index (κ2) is 10.1. The third-order valence-corrected chi connectivity index (χ3v) is 7.51. The Morgan fingerprint density at radius 3 is 2.63 bits per heavy atom. The molecule has 0 unspecified atom stereocenters. The largest absolute Gasteiger partial charge is 0.394 e. The third kappa shape index (κ3) is 4.89. The van der Waals surface area contributed by atoms with Gasteiger partial charge >= 0.3 is 6.03 Å². The summed E-state index contributed by atoms with van der Waals surface area (Å²) >= 11 is 0. The van der Waals surface area contributed by atoms with Crippen molar-refractivity contribution in [2.45, 2.75) is 50.1 Å². The van der Waals surface area contributed by atoms with E-state index in [1.165, 1.54) is 48.8 Å². The first-order valence-corrected chi connectivity index (χ1v) is 12.4. The van der Waals surface area contributed by atoms with Crippen LogP contribution in [0.15, 0.2) is 48.5 Å². The summed E-state index contributed by atoms with van der Waals surface area (Å²) in [5.41, 5.74) is 2.32. The van der Waals surface area contributed by atoms with E-state index >= 15 is 0 Å². The first-order chi connectivity index (χ1) is 17.0. The van der Waals surface area contributed by atoms with Gasteiger partial charge in [-0.05, 0) is 54.7 Å². The molecule has 6 nitrogen and oxygen atoms in total. The summed E-state index contributed by atoms with van der Waals surface area (Å²) < 4.78 is 13.5. The molecule has 7 heteroatoms. The van der Waals surface area contributed by atoms with Gasteiger partial charge in [-0.25, -0.2) is 9.18 Å². The molecule has 5 rings (SSSR count). The molecule has 3 atom stereocenters. The molecular weight excluding hydrogens is 445 g/mol. The number of hydrogen-bond donors (Lipinski definition) is 2. The average Bonchev–Trinajstić information content (AvgIpc) is 3.35. The molecule has 1 aliphatic carbocycles. The van der Waals surface area contributed by atoms with Crippen LogP contribution in [-0.4, -0.2) is 58.6 Å². The zero-order chi connectivity index (χ0) is 24.4. The van der Waals surface area contributed by atoms with E-state index in [9.17, 15) is 19.1 Å². The molecule has 2 aromatic carbocycles. The predicted octanol–water partition coefficient (Wildman–Crippen LogP) is 3.96. The average molecular weight is 476 g/mol. The van der Waals surface area contributed by atoms with Gasteiger partial charge in [0.05, 0.1) is 18.7 Å². The van der Waals surface area contributed by atoms with Gasteiger partial charge in [-0.2, -0.15) is 0 Å². The molecule has 2 aromatic rings. The molecular formula is C28H30FN3O3. The SMILES string of the molecule is O=C(Nc1cccc(F)c1)N1CC(=O)N2[C@H](C1)[C@@H](c1ccc(C#CCC3CCCC3)cc1)[C@@H]2CO. The Hall–Kier alpha value is -3.37. The maximum absolute atomic E-state index is 13.5. The van der Waals surface area contributed by atoms with Crippen molar-refractivity contribution in [2.75, 3.05) is 25.0 Å². The molecule has 0 bridgehead atoms. The number of aliphatic hydroxyl groups is 1. The standard InChI is InChI=1S/C28H30FN3O3/c29-22-9-4-10-23(15-22)30-28(35)31-16-24-27(25(18-33)32(24)26(34)17-31)21-13-11-20(12-14-21)8-3-7-19-5-1-2-6-19/h4,9-15,19,24-25,27,33H,1-2,5-7,16-18H2,(H,30,35)/t24-,25+,27-/m1/s1. The number of hydrogen-bond acceptors (Lipinski definition) is 3. The summed E-state index contributed by atoms with van der Waals surface area (Å²) in [6, 6.07) is 12.7. The van der Waals surface area contributed by atoms with Gasteiger partial charge in [-0.3, -0.25) is 4.79 Å². The highest BCUT2D eigenvalue weighted by atomic mass is 19.1. The molecule has 182 valence electrons. The number of rotatable bonds is 4. The van der Waals surface area contributed by atoms with Gasteiger partial charge in [0.15, 0.2) is 0 Å². The first-order valence-electron chi connectivity index (χ1n) is 12.4. The summed E-state index contributed by atoms with van der Waals surface area (Å²) in [5.74, 6) is 6.60. The zero-order valence-corrected chi connectivity index (χ0v) is 19.6. The molecule has 0 radical (unpaired) electrons. The Morgan fingerprint density at radius 2 is 1.91 bits per heavy atom. The van der Waals surface area contributed by atoms with Crippen LogP contribution in [0.2, 0.25) is 0 Å². The first kappa shape index (κ1) is 23.4. The van der Waals surface area contributed by atoms with E-state index in [1.807, 2.05) is 24.3 Å². The second-order valence-electron chi connectivity index (χ2n) is 9.74. The van der Waals surface area contributed by atoms with Crippen LogP contribution in [0.1, 0.15) is 49.1 Å². The summed E-state index contributed by atoms with van der Waals surface area (Å²) in [6.07, 6.45) is 6.15. The number of halogens is 1. The van der Waals surface area contributed by atoms with E-state index in [1.54, 1.807) is 11.0 Å². The molecule has 3 amide bonds. The van der Waals surface area contributed by atoms with Gasteiger partial charge in [0.25, 0.3) is 0 Å². The molecule has 0 spiro atoms. The van der Waals surface area contributed by atoms with Gasteiger partial charge in [0.2, 0.25) is 5.91 Å². The van der Waals surface area contributed by atoms with Crippen molar-refractivity contribution in [3.8, 4) is 11.8 Å². The third-order valence-electron chi connectivity index (χ3n) is 7.51. The number of nitrogens with zero attached hydrogens (tertiary/aromatic N) is 2. The minimum absolute atomic E-state index is 0.0730. The molecule has 3 fully saturated rings. The molecule has 0 aromatic heterocycles. The summed E-state index contributed by atoms with van der Waals surface area (Å²) in [5, 5.41) is 12.7. The minimum atomic E-state index is -0.444. The quantitative estimate of drug-likeness (QED) is 0.658. The Kier molecular flexibility index (Phi) is 6.74.